The number of aliphatic hydroxyl groups excluding tert-OH is 1. The van der Waals surface area contributed by atoms with E-state index in [1.165, 1.54) is 10.6 Å². The van der Waals surface area contributed by atoms with Crippen molar-refractivity contribution in [3.8, 4) is 0 Å². The van der Waals surface area contributed by atoms with Crippen LogP contribution >= 0.6 is 0 Å². The van der Waals surface area contributed by atoms with Crippen LogP contribution in [0.5, 0.6) is 0 Å². The van der Waals surface area contributed by atoms with Crippen molar-refractivity contribution < 1.29 is 19.8 Å². The van der Waals surface area contributed by atoms with Gasteiger partial charge in [-0.3, -0.25) is 19.3 Å². The number of pyridine rings is 1. The molecule has 0 radical (unpaired) electrons. The second-order valence-corrected chi connectivity index (χ2v) is 5.43. The number of nitrogens with zero attached hydrogens (tertiary/aromatic N) is 3. The average molecular weight is 339 g/mol. The lowest BCUT2D eigenvalue weighted by Crippen LogP contribution is -2.50. The quantitative estimate of drug-likeness (QED) is 0.533. The third kappa shape index (κ3) is 6.93. The molecule has 134 valence electrons. The van der Waals surface area contributed by atoms with Gasteiger partial charge in [-0.2, -0.15) is 0 Å². The summed E-state index contributed by atoms with van der Waals surface area (Å²) in [6.07, 6.45) is 3.46. The molecule has 2 N–H and O–H groups in total. The van der Waals surface area contributed by atoms with Crippen LogP contribution in [0.2, 0.25) is 0 Å². The smallest absolute Gasteiger partial charge is 0.290 e. The normalized spacial score (nSPS) is 14.6. The van der Waals surface area contributed by atoms with Gasteiger partial charge in [0.25, 0.3) is 12.0 Å². The minimum absolute atomic E-state index is 0.00157. The predicted molar refractivity (Wildman–Crippen MR) is 88.7 cm³/mol. The van der Waals surface area contributed by atoms with Crippen LogP contribution < -0.4 is 5.56 Å². The van der Waals surface area contributed by atoms with Gasteiger partial charge in [-0.1, -0.05) is 6.07 Å². The predicted octanol–water partition coefficient (Wildman–Crippen LogP) is -0.534. The fourth-order valence-corrected chi connectivity index (χ4v) is 2.51. The Balaban J connectivity index is 0.000000891. The molecule has 2 rings (SSSR count). The minimum atomic E-state index is -0.250. The van der Waals surface area contributed by atoms with E-state index >= 15 is 0 Å². The highest BCUT2D eigenvalue weighted by Gasteiger charge is 2.20. The van der Waals surface area contributed by atoms with Crippen LogP contribution in [0.15, 0.2) is 29.2 Å². The number of rotatable bonds is 6. The maximum Gasteiger partial charge on any atom is 0.290 e. The lowest BCUT2D eigenvalue weighted by atomic mass is 10.2. The maximum atomic E-state index is 12.2. The van der Waals surface area contributed by atoms with Crippen molar-refractivity contribution >= 4 is 12.4 Å². The number of carbonyl (C=O) groups is 2. The molecule has 0 unspecified atom stereocenters. The monoisotopic (exact) mass is 339 g/mol. The molecule has 1 aromatic heterocycles. The summed E-state index contributed by atoms with van der Waals surface area (Å²) in [7, 11) is 0. The Kier molecular flexibility index (Phi) is 9.40. The first-order valence-corrected chi connectivity index (χ1v) is 7.96. The molecule has 2 heterocycles. The Morgan fingerprint density at radius 1 is 1.17 bits per heavy atom. The van der Waals surface area contributed by atoms with Crippen molar-refractivity contribution in [2.24, 2.45) is 0 Å². The molecule has 8 heteroatoms. The number of aliphatic hydroxyl groups is 1. The Bertz CT molecular complexity index is 553. The Hall–Kier alpha value is -2.19. The van der Waals surface area contributed by atoms with Crippen molar-refractivity contribution in [2.45, 2.75) is 19.4 Å². The van der Waals surface area contributed by atoms with E-state index in [4.69, 9.17) is 15.0 Å². The van der Waals surface area contributed by atoms with Crippen LogP contribution in [0.4, 0.5) is 0 Å². The van der Waals surface area contributed by atoms with E-state index < -0.39 is 0 Å². The molecule has 8 nitrogen and oxygen atoms in total. The van der Waals surface area contributed by atoms with Gasteiger partial charge in [0.1, 0.15) is 6.54 Å². The van der Waals surface area contributed by atoms with Crippen molar-refractivity contribution in [2.75, 3.05) is 39.3 Å². The molecular weight excluding hydrogens is 314 g/mol. The second-order valence-electron chi connectivity index (χ2n) is 5.43. The molecule has 0 saturated carbocycles. The molecule has 0 aliphatic carbocycles. The lowest BCUT2D eigenvalue weighted by molar-refractivity contribution is -0.133. The lowest BCUT2D eigenvalue weighted by Gasteiger charge is -2.34. The summed E-state index contributed by atoms with van der Waals surface area (Å²) in [5.74, 6) is -0.00157. The van der Waals surface area contributed by atoms with Crippen LogP contribution in [0.1, 0.15) is 12.8 Å². The summed E-state index contributed by atoms with van der Waals surface area (Å²) in [6.45, 7) is 4.22. The van der Waals surface area contributed by atoms with Crippen molar-refractivity contribution in [1.29, 1.82) is 0 Å². The summed E-state index contributed by atoms with van der Waals surface area (Å²) >= 11 is 0. The summed E-state index contributed by atoms with van der Waals surface area (Å²) in [5.41, 5.74) is -0.145. The number of hydrogen-bond acceptors (Lipinski definition) is 5. The highest BCUT2D eigenvalue weighted by Crippen LogP contribution is 2.04. The number of carbonyl (C=O) groups excluding carboxylic acids is 1. The molecule has 24 heavy (non-hydrogen) atoms. The third-order valence-electron chi connectivity index (χ3n) is 3.81. The van der Waals surface area contributed by atoms with Crippen molar-refractivity contribution in [1.82, 2.24) is 14.4 Å². The van der Waals surface area contributed by atoms with Gasteiger partial charge in [-0.25, -0.2) is 0 Å². The van der Waals surface area contributed by atoms with Crippen molar-refractivity contribution in [3.63, 3.8) is 0 Å². The topological polar surface area (TPSA) is 103 Å². The molecule has 0 spiro atoms. The molecular formula is C16H25N3O5. The van der Waals surface area contributed by atoms with Crippen LogP contribution in [0, 0.1) is 0 Å². The minimum Gasteiger partial charge on any atom is -0.483 e. The fourth-order valence-electron chi connectivity index (χ4n) is 2.51. The zero-order valence-corrected chi connectivity index (χ0v) is 13.7. The van der Waals surface area contributed by atoms with Crippen LogP contribution in [0.3, 0.4) is 0 Å². The van der Waals surface area contributed by atoms with Gasteiger partial charge in [-0.05, 0) is 25.5 Å². The van der Waals surface area contributed by atoms with E-state index in [1.807, 2.05) is 4.90 Å². The average Bonchev–Trinajstić information content (AvgIpc) is 2.58. The SMILES string of the molecule is O=C(Cn1ccccc1=O)N1CCN(CCCCO)CC1.O=CO. The Morgan fingerprint density at radius 2 is 1.83 bits per heavy atom. The molecule has 0 atom stereocenters. The molecule has 1 fully saturated rings. The number of piperazine rings is 1. The third-order valence-corrected chi connectivity index (χ3v) is 3.81. The van der Waals surface area contributed by atoms with Gasteiger partial charge in [0.15, 0.2) is 0 Å². The van der Waals surface area contributed by atoms with E-state index in [1.54, 1.807) is 18.3 Å². The first kappa shape index (κ1) is 19.9. The van der Waals surface area contributed by atoms with Gasteiger partial charge in [0, 0.05) is 45.0 Å². The number of carboxylic acid groups (broad SMARTS) is 1. The maximum absolute atomic E-state index is 12.2. The van der Waals surface area contributed by atoms with Crippen LogP contribution in [0.25, 0.3) is 0 Å². The van der Waals surface area contributed by atoms with Gasteiger partial charge < -0.3 is 19.7 Å². The molecule has 1 amide bonds. The standard InChI is InChI=1S/C15H23N3O3.CH2O2/c19-12-4-3-6-16-8-10-17(11-9-16)15(21)13-18-7-2-1-5-14(18)20;2-1-3/h1-2,5,7,19H,3-4,6,8-13H2;1H,(H,2,3). The fraction of sp³-hybridized carbons (Fsp3) is 0.562. The van der Waals surface area contributed by atoms with E-state index in [2.05, 4.69) is 4.90 Å². The number of unbranched alkanes of at least 4 members (excludes halogenated alkanes) is 1. The molecule has 0 bridgehead atoms. The number of hydrogen-bond donors (Lipinski definition) is 2. The zero-order chi connectivity index (χ0) is 17.8. The van der Waals surface area contributed by atoms with Gasteiger partial charge in [0.2, 0.25) is 5.91 Å². The second kappa shape index (κ2) is 11.4. The Labute approximate surface area is 140 Å². The van der Waals surface area contributed by atoms with Crippen LogP contribution in [-0.4, -0.2) is 76.3 Å². The molecule has 1 aromatic rings. The molecule has 1 saturated heterocycles. The van der Waals surface area contributed by atoms with Gasteiger partial charge >= 0.3 is 0 Å². The van der Waals surface area contributed by atoms with E-state index in [-0.39, 0.29) is 31.1 Å². The van der Waals surface area contributed by atoms with Gasteiger partial charge in [-0.15, -0.1) is 0 Å². The van der Waals surface area contributed by atoms with Crippen molar-refractivity contribution in [3.05, 3.63) is 34.7 Å². The highest BCUT2D eigenvalue weighted by atomic mass is 16.3. The number of amides is 1. The Morgan fingerprint density at radius 3 is 2.42 bits per heavy atom. The van der Waals surface area contributed by atoms with E-state index in [0.29, 0.717) is 13.1 Å². The zero-order valence-electron chi connectivity index (χ0n) is 13.7. The summed E-state index contributed by atoms with van der Waals surface area (Å²) in [4.78, 5) is 36.3. The summed E-state index contributed by atoms with van der Waals surface area (Å²) in [5, 5.41) is 15.7. The first-order chi connectivity index (χ1) is 11.6. The van der Waals surface area contributed by atoms with E-state index in [0.717, 1.165) is 32.5 Å². The first-order valence-electron chi connectivity index (χ1n) is 7.96. The summed E-state index contributed by atoms with van der Waals surface area (Å²) in [6, 6.07) is 4.90. The highest BCUT2D eigenvalue weighted by molar-refractivity contribution is 5.76. The number of aromatic nitrogens is 1. The van der Waals surface area contributed by atoms with Crippen LogP contribution in [-0.2, 0) is 16.1 Å². The molecule has 0 aromatic carbocycles. The molecule has 1 aliphatic rings. The summed E-state index contributed by atoms with van der Waals surface area (Å²) < 4.78 is 1.44. The van der Waals surface area contributed by atoms with Gasteiger partial charge in [0.05, 0.1) is 0 Å². The largest absolute Gasteiger partial charge is 0.483 e. The molecule has 1 aliphatic heterocycles. The van der Waals surface area contributed by atoms with E-state index in [9.17, 15) is 9.59 Å².